The molecule has 2 amide bonds. The van der Waals surface area contributed by atoms with Crippen LogP contribution in [-0.2, 0) is 29.0 Å². The zero-order valence-corrected chi connectivity index (χ0v) is 18.1. The van der Waals surface area contributed by atoms with Crippen LogP contribution < -0.4 is 14.8 Å². The minimum atomic E-state index is -0.553. The van der Waals surface area contributed by atoms with Gasteiger partial charge in [-0.15, -0.1) is 0 Å². The van der Waals surface area contributed by atoms with Crippen LogP contribution in [0.2, 0.25) is 0 Å². The van der Waals surface area contributed by atoms with Gasteiger partial charge in [0.15, 0.2) is 11.5 Å². The quantitative estimate of drug-likeness (QED) is 0.762. The molecule has 2 aromatic carbocycles. The Labute approximate surface area is 178 Å². The number of carbonyl (C=O) groups is 2. The van der Waals surface area contributed by atoms with Gasteiger partial charge in [-0.2, -0.15) is 0 Å². The second-order valence-electron chi connectivity index (χ2n) is 7.94. The van der Waals surface area contributed by atoms with E-state index in [1.54, 1.807) is 14.2 Å². The van der Waals surface area contributed by atoms with Crippen LogP contribution in [-0.4, -0.2) is 43.5 Å². The van der Waals surface area contributed by atoms with Crippen LogP contribution in [0.3, 0.4) is 0 Å². The van der Waals surface area contributed by atoms with E-state index in [4.69, 9.17) is 9.47 Å². The molecule has 160 valence electrons. The molecule has 30 heavy (non-hydrogen) atoms. The van der Waals surface area contributed by atoms with Crippen molar-refractivity contribution in [2.45, 2.75) is 39.3 Å². The van der Waals surface area contributed by atoms with E-state index in [0.717, 1.165) is 23.1 Å². The number of amides is 2. The van der Waals surface area contributed by atoms with Gasteiger partial charge in [-0.1, -0.05) is 44.2 Å². The lowest BCUT2D eigenvalue weighted by Crippen LogP contribution is -2.52. The molecule has 1 atom stereocenters. The number of rotatable bonds is 7. The first-order valence-corrected chi connectivity index (χ1v) is 10.3. The van der Waals surface area contributed by atoms with Gasteiger partial charge in [-0.25, -0.2) is 0 Å². The molecule has 0 saturated carbocycles. The molecular formula is C24H30N2O4. The molecule has 0 aromatic heterocycles. The molecule has 1 unspecified atom stereocenters. The summed E-state index contributed by atoms with van der Waals surface area (Å²) < 4.78 is 10.8. The summed E-state index contributed by atoms with van der Waals surface area (Å²) >= 11 is 0. The standard InChI is InChI=1S/C24H30N2O4/c1-16(2)23(25-22(27)12-17-8-6-5-7-9-17)24(28)26-11-10-18-13-20(29-3)21(30-4)14-19(18)15-26/h5-9,13-14,16,23H,10-12,15H2,1-4H3,(H,25,27). The molecular weight excluding hydrogens is 380 g/mol. The predicted molar refractivity (Wildman–Crippen MR) is 116 cm³/mol. The van der Waals surface area contributed by atoms with Gasteiger partial charge in [-0.3, -0.25) is 9.59 Å². The minimum absolute atomic E-state index is 0.0102. The van der Waals surface area contributed by atoms with Crippen molar-refractivity contribution in [3.63, 3.8) is 0 Å². The summed E-state index contributed by atoms with van der Waals surface area (Å²) in [5.74, 6) is 1.15. The summed E-state index contributed by atoms with van der Waals surface area (Å²) in [5, 5.41) is 2.95. The van der Waals surface area contributed by atoms with Crippen molar-refractivity contribution >= 4 is 11.8 Å². The Morgan fingerprint density at radius 1 is 1.03 bits per heavy atom. The van der Waals surface area contributed by atoms with E-state index in [0.29, 0.717) is 24.6 Å². The number of ether oxygens (including phenoxy) is 2. The Hall–Kier alpha value is -3.02. The monoisotopic (exact) mass is 410 g/mol. The average Bonchev–Trinajstić information content (AvgIpc) is 2.76. The molecule has 0 aliphatic carbocycles. The van der Waals surface area contributed by atoms with Crippen LogP contribution in [0.15, 0.2) is 42.5 Å². The number of hydrogen-bond donors (Lipinski definition) is 1. The number of fused-ring (bicyclic) bond motifs is 1. The summed E-state index contributed by atoms with van der Waals surface area (Å²) in [7, 11) is 3.22. The average molecular weight is 411 g/mol. The fourth-order valence-electron chi connectivity index (χ4n) is 3.79. The lowest BCUT2D eigenvalue weighted by molar-refractivity contribution is -0.138. The molecule has 1 aliphatic heterocycles. The maximum Gasteiger partial charge on any atom is 0.245 e. The number of methoxy groups -OCH3 is 2. The van der Waals surface area contributed by atoms with Gasteiger partial charge < -0.3 is 19.7 Å². The molecule has 1 heterocycles. The van der Waals surface area contributed by atoms with Gasteiger partial charge >= 0.3 is 0 Å². The van der Waals surface area contributed by atoms with E-state index in [2.05, 4.69) is 5.32 Å². The van der Waals surface area contributed by atoms with Crippen molar-refractivity contribution in [2.75, 3.05) is 20.8 Å². The maximum absolute atomic E-state index is 13.3. The summed E-state index contributed by atoms with van der Waals surface area (Å²) in [5.41, 5.74) is 3.13. The second-order valence-corrected chi connectivity index (χ2v) is 7.94. The largest absolute Gasteiger partial charge is 0.493 e. The van der Waals surface area contributed by atoms with Gasteiger partial charge in [0.25, 0.3) is 0 Å². The molecule has 0 radical (unpaired) electrons. The third-order valence-corrected chi connectivity index (χ3v) is 5.49. The predicted octanol–water partition coefficient (Wildman–Crippen LogP) is 2.97. The molecule has 1 N–H and O–H groups in total. The molecule has 0 spiro atoms. The molecule has 0 bridgehead atoms. The first kappa shape index (κ1) is 21.7. The SMILES string of the molecule is COc1cc2c(cc1OC)CN(C(=O)C(NC(=O)Cc1ccccc1)C(C)C)CC2. The van der Waals surface area contributed by atoms with Crippen molar-refractivity contribution in [3.05, 3.63) is 59.2 Å². The lowest BCUT2D eigenvalue weighted by atomic mass is 9.96. The summed E-state index contributed by atoms with van der Waals surface area (Å²) in [4.78, 5) is 27.6. The van der Waals surface area contributed by atoms with E-state index < -0.39 is 6.04 Å². The van der Waals surface area contributed by atoms with Crippen LogP contribution >= 0.6 is 0 Å². The zero-order valence-electron chi connectivity index (χ0n) is 18.1. The summed E-state index contributed by atoms with van der Waals surface area (Å²) in [6.07, 6.45) is 1.00. The molecule has 6 heteroatoms. The van der Waals surface area contributed by atoms with Gasteiger partial charge in [-0.05, 0) is 41.2 Å². The molecule has 0 saturated heterocycles. The number of nitrogens with one attached hydrogen (secondary N) is 1. The molecule has 3 rings (SSSR count). The number of benzene rings is 2. The Kier molecular flexibility index (Phi) is 6.98. The highest BCUT2D eigenvalue weighted by molar-refractivity contribution is 5.88. The third kappa shape index (κ3) is 4.93. The minimum Gasteiger partial charge on any atom is -0.493 e. The van der Waals surface area contributed by atoms with Crippen LogP contribution in [0, 0.1) is 5.92 Å². The van der Waals surface area contributed by atoms with Crippen LogP contribution in [0.25, 0.3) is 0 Å². The van der Waals surface area contributed by atoms with E-state index in [9.17, 15) is 9.59 Å². The van der Waals surface area contributed by atoms with E-state index in [-0.39, 0.29) is 24.2 Å². The fourth-order valence-corrected chi connectivity index (χ4v) is 3.79. The van der Waals surface area contributed by atoms with Gasteiger partial charge in [0.2, 0.25) is 11.8 Å². The normalized spacial score (nSPS) is 14.1. The highest BCUT2D eigenvalue weighted by Crippen LogP contribution is 2.33. The third-order valence-electron chi connectivity index (χ3n) is 5.49. The van der Waals surface area contributed by atoms with Crippen molar-refractivity contribution in [1.29, 1.82) is 0 Å². The number of nitrogens with zero attached hydrogens (tertiary/aromatic N) is 1. The topological polar surface area (TPSA) is 67.9 Å². The smallest absolute Gasteiger partial charge is 0.245 e. The Morgan fingerprint density at radius 3 is 2.27 bits per heavy atom. The first-order chi connectivity index (χ1) is 14.4. The number of carbonyl (C=O) groups excluding carboxylic acids is 2. The Bertz CT molecular complexity index is 896. The highest BCUT2D eigenvalue weighted by atomic mass is 16.5. The molecule has 0 fully saturated rings. The lowest BCUT2D eigenvalue weighted by Gasteiger charge is -2.33. The Balaban J connectivity index is 1.71. The van der Waals surface area contributed by atoms with Crippen molar-refractivity contribution in [1.82, 2.24) is 10.2 Å². The molecule has 1 aliphatic rings. The van der Waals surface area contributed by atoms with Crippen LogP contribution in [0.5, 0.6) is 11.5 Å². The van der Waals surface area contributed by atoms with Crippen LogP contribution in [0.1, 0.15) is 30.5 Å². The molecule has 2 aromatic rings. The second kappa shape index (κ2) is 9.65. The highest BCUT2D eigenvalue weighted by Gasteiger charge is 2.31. The van der Waals surface area contributed by atoms with Crippen LogP contribution in [0.4, 0.5) is 0 Å². The summed E-state index contributed by atoms with van der Waals surface area (Å²) in [6.45, 7) is 5.01. The number of hydrogen-bond acceptors (Lipinski definition) is 4. The zero-order chi connectivity index (χ0) is 21.7. The maximum atomic E-state index is 13.3. The van der Waals surface area contributed by atoms with Crippen molar-refractivity contribution in [3.8, 4) is 11.5 Å². The van der Waals surface area contributed by atoms with E-state index in [1.165, 1.54) is 0 Å². The van der Waals surface area contributed by atoms with Crippen molar-refractivity contribution in [2.24, 2.45) is 5.92 Å². The van der Waals surface area contributed by atoms with E-state index in [1.807, 2.05) is 61.2 Å². The summed E-state index contributed by atoms with van der Waals surface area (Å²) in [6, 6.07) is 12.9. The first-order valence-electron chi connectivity index (χ1n) is 10.3. The van der Waals surface area contributed by atoms with Gasteiger partial charge in [0.05, 0.1) is 20.6 Å². The Morgan fingerprint density at radius 2 is 1.67 bits per heavy atom. The van der Waals surface area contributed by atoms with Crippen molar-refractivity contribution < 1.29 is 19.1 Å². The fraction of sp³-hybridized carbons (Fsp3) is 0.417. The molecule has 6 nitrogen and oxygen atoms in total. The van der Waals surface area contributed by atoms with Gasteiger partial charge in [0.1, 0.15) is 6.04 Å². The van der Waals surface area contributed by atoms with E-state index >= 15 is 0 Å². The van der Waals surface area contributed by atoms with Gasteiger partial charge in [0, 0.05) is 13.1 Å².